The maximum atomic E-state index is 12.1. The topological polar surface area (TPSA) is 70.1 Å². The van der Waals surface area contributed by atoms with Crippen molar-refractivity contribution in [3.63, 3.8) is 0 Å². The first-order valence-corrected chi connectivity index (χ1v) is 6.40. The van der Waals surface area contributed by atoms with Gasteiger partial charge in [-0.1, -0.05) is 0 Å². The first-order chi connectivity index (χ1) is 8.50. The van der Waals surface area contributed by atoms with Crippen molar-refractivity contribution in [1.82, 2.24) is 9.80 Å². The summed E-state index contributed by atoms with van der Waals surface area (Å²) in [6.07, 6.45) is 3.35. The lowest BCUT2D eigenvalue weighted by atomic mass is 9.96. The monoisotopic (exact) mass is 256 g/mol. The molecule has 0 radical (unpaired) electrons. The van der Waals surface area contributed by atoms with Crippen LogP contribution in [0.5, 0.6) is 0 Å². The van der Waals surface area contributed by atoms with Crippen molar-refractivity contribution < 1.29 is 19.4 Å². The van der Waals surface area contributed by atoms with Crippen LogP contribution in [0.4, 0.5) is 4.79 Å². The third-order valence-corrected chi connectivity index (χ3v) is 3.49. The van der Waals surface area contributed by atoms with Gasteiger partial charge in [-0.05, 0) is 26.2 Å². The zero-order chi connectivity index (χ0) is 13.2. The quantitative estimate of drug-likeness (QED) is 0.809. The first-order valence-electron chi connectivity index (χ1n) is 6.40. The number of urea groups is 1. The van der Waals surface area contributed by atoms with Crippen LogP contribution in [0.3, 0.4) is 0 Å². The molecule has 6 nitrogen and oxygen atoms in total. The minimum absolute atomic E-state index is 0.0612. The van der Waals surface area contributed by atoms with Gasteiger partial charge in [0.05, 0.1) is 13.1 Å². The third-order valence-electron chi connectivity index (χ3n) is 3.49. The van der Waals surface area contributed by atoms with Gasteiger partial charge in [0.15, 0.2) is 0 Å². The number of carboxylic acids is 1. The van der Waals surface area contributed by atoms with E-state index in [2.05, 4.69) is 0 Å². The lowest BCUT2D eigenvalue weighted by molar-refractivity contribution is -0.160. The van der Waals surface area contributed by atoms with Crippen LogP contribution in [-0.4, -0.2) is 65.3 Å². The summed E-state index contributed by atoms with van der Waals surface area (Å²) in [6, 6.07) is 0.0612. The Hall–Kier alpha value is -1.30. The number of nitrogens with zero attached hydrogens (tertiary/aromatic N) is 2. The Bertz CT molecular complexity index is 333. The van der Waals surface area contributed by atoms with Gasteiger partial charge < -0.3 is 19.6 Å². The molecule has 0 saturated carbocycles. The van der Waals surface area contributed by atoms with Crippen molar-refractivity contribution >= 4 is 12.0 Å². The summed E-state index contributed by atoms with van der Waals surface area (Å²) in [5.74, 6) is -0.975. The van der Waals surface area contributed by atoms with E-state index in [0.29, 0.717) is 13.1 Å². The molecule has 0 aromatic heterocycles. The summed E-state index contributed by atoms with van der Waals surface area (Å²) in [7, 11) is 0. The van der Waals surface area contributed by atoms with Crippen molar-refractivity contribution in [1.29, 1.82) is 0 Å². The maximum absolute atomic E-state index is 12.1. The largest absolute Gasteiger partial charge is 0.480 e. The highest BCUT2D eigenvalue weighted by atomic mass is 16.5. The second kappa shape index (κ2) is 5.14. The molecule has 1 N–H and O–H groups in total. The molecule has 0 spiro atoms. The number of carboxylic acid groups (broad SMARTS) is 1. The summed E-state index contributed by atoms with van der Waals surface area (Å²) >= 11 is 0. The second-order valence-corrected chi connectivity index (χ2v) is 5.32. The fraction of sp³-hybridized carbons (Fsp3) is 0.833. The van der Waals surface area contributed by atoms with Crippen LogP contribution in [0.1, 0.15) is 26.2 Å². The molecule has 2 rings (SSSR count). The molecule has 0 unspecified atom stereocenters. The standard InChI is InChI=1S/C12H20N2O4/c1-12(18-7-10(15)16)8-14(9-12)11(17)13-5-3-2-4-6-13/h2-9H2,1H3,(H,15,16). The predicted molar refractivity (Wildman–Crippen MR) is 64.4 cm³/mol. The van der Waals surface area contributed by atoms with E-state index in [9.17, 15) is 9.59 Å². The Morgan fingerprint density at radius 2 is 1.78 bits per heavy atom. The smallest absolute Gasteiger partial charge is 0.329 e. The number of amides is 2. The number of hydrogen-bond donors (Lipinski definition) is 1. The Morgan fingerprint density at radius 3 is 2.33 bits per heavy atom. The molecule has 0 aromatic carbocycles. The number of carbonyl (C=O) groups excluding carboxylic acids is 1. The average molecular weight is 256 g/mol. The lowest BCUT2D eigenvalue weighted by Crippen LogP contribution is -2.65. The third kappa shape index (κ3) is 2.93. The molecule has 2 amide bonds. The Balaban J connectivity index is 1.77. The van der Waals surface area contributed by atoms with E-state index < -0.39 is 11.6 Å². The van der Waals surface area contributed by atoms with Crippen LogP contribution in [0.25, 0.3) is 0 Å². The van der Waals surface area contributed by atoms with Gasteiger partial charge in [-0.25, -0.2) is 9.59 Å². The minimum Gasteiger partial charge on any atom is -0.480 e. The Kier molecular flexibility index (Phi) is 3.75. The van der Waals surface area contributed by atoms with Crippen LogP contribution >= 0.6 is 0 Å². The minimum atomic E-state index is -0.975. The molecule has 6 heteroatoms. The number of carbonyl (C=O) groups is 2. The van der Waals surface area contributed by atoms with Crippen molar-refractivity contribution in [3.05, 3.63) is 0 Å². The highest BCUT2D eigenvalue weighted by Gasteiger charge is 2.44. The number of piperidine rings is 1. The fourth-order valence-electron chi connectivity index (χ4n) is 2.51. The average Bonchev–Trinajstić information content (AvgIpc) is 2.33. The number of ether oxygens (including phenoxy) is 1. The van der Waals surface area contributed by atoms with E-state index >= 15 is 0 Å². The zero-order valence-electron chi connectivity index (χ0n) is 10.7. The van der Waals surface area contributed by atoms with Crippen LogP contribution in [0, 0.1) is 0 Å². The van der Waals surface area contributed by atoms with Crippen LogP contribution in [0.2, 0.25) is 0 Å². The Labute approximate surface area is 106 Å². The molecular formula is C12H20N2O4. The van der Waals surface area contributed by atoms with Crippen molar-refractivity contribution in [3.8, 4) is 0 Å². The SMILES string of the molecule is CC1(OCC(=O)O)CN(C(=O)N2CCCCC2)C1. The van der Waals surface area contributed by atoms with Crippen molar-refractivity contribution in [2.45, 2.75) is 31.8 Å². The number of aliphatic carboxylic acids is 1. The molecule has 0 aromatic rings. The molecular weight excluding hydrogens is 236 g/mol. The number of likely N-dealkylation sites (tertiary alicyclic amines) is 2. The molecule has 18 heavy (non-hydrogen) atoms. The normalized spacial score (nSPS) is 22.5. The summed E-state index contributed by atoms with van der Waals surface area (Å²) in [5.41, 5.74) is -0.496. The van der Waals surface area contributed by atoms with Crippen LogP contribution in [0.15, 0.2) is 0 Å². The maximum Gasteiger partial charge on any atom is 0.329 e. The summed E-state index contributed by atoms with van der Waals surface area (Å²) in [4.78, 5) is 26.1. The molecule has 102 valence electrons. The van der Waals surface area contributed by atoms with Crippen LogP contribution < -0.4 is 0 Å². The summed E-state index contributed by atoms with van der Waals surface area (Å²) in [5, 5.41) is 8.56. The number of rotatable bonds is 3. The van der Waals surface area contributed by atoms with E-state index in [4.69, 9.17) is 9.84 Å². The predicted octanol–water partition coefficient (Wildman–Crippen LogP) is 0.768. The molecule has 2 aliphatic heterocycles. The number of hydrogen-bond acceptors (Lipinski definition) is 3. The summed E-state index contributed by atoms with van der Waals surface area (Å²) in [6.45, 7) is 4.17. The Morgan fingerprint density at radius 1 is 1.17 bits per heavy atom. The van der Waals surface area contributed by atoms with E-state index in [1.165, 1.54) is 6.42 Å². The van der Waals surface area contributed by atoms with E-state index in [1.54, 1.807) is 4.90 Å². The highest BCUT2D eigenvalue weighted by molar-refractivity contribution is 5.76. The van der Waals surface area contributed by atoms with E-state index in [1.807, 2.05) is 11.8 Å². The summed E-state index contributed by atoms with van der Waals surface area (Å²) < 4.78 is 5.28. The van der Waals surface area contributed by atoms with Gasteiger partial charge in [0.25, 0.3) is 0 Å². The van der Waals surface area contributed by atoms with Crippen LogP contribution in [-0.2, 0) is 9.53 Å². The second-order valence-electron chi connectivity index (χ2n) is 5.32. The van der Waals surface area contributed by atoms with Gasteiger partial charge >= 0.3 is 12.0 Å². The van der Waals surface area contributed by atoms with Crippen molar-refractivity contribution in [2.75, 3.05) is 32.8 Å². The highest BCUT2D eigenvalue weighted by Crippen LogP contribution is 2.26. The van der Waals surface area contributed by atoms with Gasteiger partial charge in [0.2, 0.25) is 0 Å². The molecule has 2 saturated heterocycles. The molecule has 0 aliphatic carbocycles. The lowest BCUT2D eigenvalue weighted by Gasteiger charge is -2.48. The van der Waals surface area contributed by atoms with E-state index in [0.717, 1.165) is 25.9 Å². The van der Waals surface area contributed by atoms with Gasteiger partial charge in [-0.15, -0.1) is 0 Å². The van der Waals surface area contributed by atoms with Crippen molar-refractivity contribution in [2.24, 2.45) is 0 Å². The van der Waals surface area contributed by atoms with Gasteiger partial charge in [-0.3, -0.25) is 0 Å². The van der Waals surface area contributed by atoms with E-state index in [-0.39, 0.29) is 12.6 Å². The fourth-order valence-corrected chi connectivity index (χ4v) is 2.51. The molecule has 2 fully saturated rings. The molecule has 2 aliphatic rings. The molecule has 0 bridgehead atoms. The molecule has 2 heterocycles. The zero-order valence-corrected chi connectivity index (χ0v) is 10.7. The van der Waals surface area contributed by atoms with Gasteiger partial charge in [0.1, 0.15) is 12.2 Å². The first kappa shape index (κ1) is 13.1. The van der Waals surface area contributed by atoms with Gasteiger partial charge in [0, 0.05) is 13.1 Å². The van der Waals surface area contributed by atoms with Gasteiger partial charge in [-0.2, -0.15) is 0 Å². The molecule has 0 atom stereocenters.